The zero-order valence-electron chi connectivity index (χ0n) is 13.7. The molecule has 1 aromatic heterocycles. The van der Waals surface area contributed by atoms with Gasteiger partial charge in [0.05, 0.1) is 5.69 Å². The number of hydrogen-bond donors (Lipinski definition) is 0. The second-order valence-electron chi connectivity index (χ2n) is 6.12. The molecule has 1 aliphatic heterocycles. The van der Waals surface area contributed by atoms with Crippen molar-refractivity contribution in [2.45, 2.75) is 6.92 Å². The van der Waals surface area contributed by atoms with Crippen LogP contribution in [-0.2, 0) is 7.05 Å². The van der Waals surface area contributed by atoms with Crippen LogP contribution >= 0.6 is 0 Å². The van der Waals surface area contributed by atoms with Crippen LogP contribution in [0.25, 0.3) is 11.3 Å². The average Bonchev–Trinajstić information content (AvgIpc) is 2.91. The number of nitrogens with zero attached hydrogens (tertiary/aromatic N) is 4. The molecule has 6 heteroatoms. The third-order valence-electron chi connectivity index (χ3n) is 4.29. The van der Waals surface area contributed by atoms with Gasteiger partial charge in [-0.1, -0.05) is 11.6 Å². The van der Waals surface area contributed by atoms with Crippen LogP contribution < -0.4 is 0 Å². The lowest BCUT2D eigenvalue weighted by Crippen LogP contribution is -2.47. The van der Waals surface area contributed by atoms with E-state index in [0.29, 0.717) is 30.0 Å². The largest absolute Gasteiger partial charge is 0.335 e. The molecule has 23 heavy (non-hydrogen) atoms. The normalized spacial score (nSPS) is 15.9. The molecule has 5 nitrogen and oxygen atoms in total. The summed E-state index contributed by atoms with van der Waals surface area (Å²) in [5, 5.41) is 4.30. The Labute approximate surface area is 135 Å². The number of likely N-dealkylation sites (N-methyl/N-ethyl adjacent to an activating group) is 1. The van der Waals surface area contributed by atoms with Crippen LogP contribution in [0.15, 0.2) is 24.3 Å². The molecule has 1 aromatic carbocycles. The van der Waals surface area contributed by atoms with Gasteiger partial charge in [-0.3, -0.25) is 9.48 Å². The van der Waals surface area contributed by atoms with E-state index in [0.717, 1.165) is 18.7 Å². The van der Waals surface area contributed by atoms with Crippen molar-refractivity contribution in [3.63, 3.8) is 0 Å². The molecule has 0 spiro atoms. The number of carbonyl (C=O) groups excluding carboxylic acids is 1. The molecular weight excluding hydrogens is 295 g/mol. The van der Waals surface area contributed by atoms with Crippen molar-refractivity contribution in [1.82, 2.24) is 19.6 Å². The summed E-state index contributed by atoms with van der Waals surface area (Å²) in [7, 11) is 3.78. The molecule has 0 radical (unpaired) electrons. The van der Waals surface area contributed by atoms with Crippen LogP contribution in [-0.4, -0.2) is 58.7 Å². The molecule has 2 aromatic rings. The average molecular weight is 316 g/mol. The number of carbonyl (C=O) groups is 1. The van der Waals surface area contributed by atoms with Gasteiger partial charge in [0.25, 0.3) is 5.91 Å². The summed E-state index contributed by atoms with van der Waals surface area (Å²) in [5.41, 5.74) is 2.42. The fourth-order valence-corrected chi connectivity index (χ4v) is 2.83. The molecule has 0 bridgehead atoms. The number of rotatable bonds is 2. The first-order valence-corrected chi connectivity index (χ1v) is 7.74. The fraction of sp³-hybridized carbons (Fsp3) is 0.412. The summed E-state index contributed by atoms with van der Waals surface area (Å²) >= 11 is 0. The lowest BCUT2D eigenvalue weighted by molar-refractivity contribution is 0.0657. The highest BCUT2D eigenvalue weighted by Gasteiger charge is 2.24. The van der Waals surface area contributed by atoms with Crippen LogP contribution in [0.4, 0.5) is 4.39 Å². The Kier molecular flexibility index (Phi) is 4.17. The third kappa shape index (κ3) is 3.12. The Hall–Kier alpha value is -2.21. The van der Waals surface area contributed by atoms with Crippen molar-refractivity contribution in [2.24, 2.45) is 7.05 Å². The van der Waals surface area contributed by atoms with Crippen LogP contribution in [0, 0.1) is 12.7 Å². The second-order valence-corrected chi connectivity index (χ2v) is 6.12. The Morgan fingerprint density at radius 1 is 1.13 bits per heavy atom. The van der Waals surface area contributed by atoms with Gasteiger partial charge in [-0.25, -0.2) is 4.39 Å². The van der Waals surface area contributed by atoms with E-state index in [1.165, 1.54) is 6.07 Å². The van der Waals surface area contributed by atoms with Crippen molar-refractivity contribution in [2.75, 3.05) is 33.2 Å². The van der Waals surface area contributed by atoms with Gasteiger partial charge in [-0.2, -0.15) is 5.10 Å². The quantitative estimate of drug-likeness (QED) is 0.850. The molecule has 1 saturated heterocycles. The highest BCUT2D eigenvalue weighted by Crippen LogP contribution is 2.25. The van der Waals surface area contributed by atoms with Crippen LogP contribution in [0.2, 0.25) is 0 Å². The zero-order valence-corrected chi connectivity index (χ0v) is 13.7. The van der Waals surface area contributed by atoms with E-state index in [2.05, 4.69) is 10.00 Å². The Balaban J connectivity index is 1.89. The molecule has 1 amide bonds. The topological polar surface area (TPSA) is 41.4 Å². The van der Waals surface area contributed by atoms with E-state index in [1.54, 1.807) is 34.8 Å². The lowest BCUT2D eigenvalue weighted by atomic mass is 10.1. The first-order valence-electron chi connectivity index (χ1n) is 7.74. The van der Waals surface area contributed by atoms with E-state index in [4.69, 9.17) is 0 Å². The maximum atomic E-state index is 14.1. The first-order chi connectivity index (χ1) is 11.0. The SMILES string of the molecule is Cc1ccc(F)c(-c2cc(C(=O)N3CCN(C)CC3)nn2C)c1. The van der Waals surface area contributed by atoms with Gasteiger partial charge in [0.2, 0.25) is 0 Å². The van der Waals surface area contributed by atoms with Crippen molar-refractivity contribution in [1.29, 1.82) is 0 Å². The summed E-state index contributed by atoms with van der Waals surface area (Å²) < 4.78 is 15.7. The molecule has 2 heterocycles. The maximum absolute atomic E-state index is 14.1. The van der Waals surface area contributed by atoms with Crippen molar-refractivity contribution in [3.05, 3.63) is 41.3 Å². The maximum Gasteiger partial charge on any atom is 0.274 e. The van der Waals surface area contributed by atoms with Gasteiger partial charge in [-0.05, 0) is 32.2 Å². The van der Waals surface area contributed by atoms with Gasteiger partial charge in [0.1, 0.15) is 5.82 Å². The van der Waals surface area contributed by atoms with Gasteiger partial charge in [0.15, 0.2) is 5.69 Å². The second kappa shape index (κ2) is 6.12. The lowest BCUT2D eigenvalue weighted by Gasteiger charge is -2.31. The van der Waals surface area contributed by atoms with Gasteiger partial charge >= 0.3 is 0 Å². The van der Waals surface area contributed by atoms with E-state index in [-0.39, 0.29) is 11.7 Å². The minimum absolute atomic E-state index is 0.0898. The molecule has 1 aliphatic rings. The van der Waals surface area contributed by atoms with E-state index >= 15 is 0 Å². The first kappa shape index (κ1) is 15.7. The molecule has 3 rings (SSSR count). The fourth-order valence-electron chi connectivity index (χ4n) is 2.83. The summed E-state index contributed by atoms with van der Waals surface area (Å²) in [4.78, 5) is 16.6. The van der Waals surface area contributed by atoms with Crippen molar-refractivity contribution in [3.8, 4) is 11.3 Å². The summed E-state index contributed by atoms with van der Waals surface area (Å²) in [6.07, 6.45) is 0. The molecular formula is C17H21FN4O. The van der Waals surface area contributed by atoms with Crippen LogP contribution in [0.3, 0.4) is 0 Å². The molecule has 0 saturated carbocycles. The van der Waals surface area contributed by atoms with E-state index in [9.17, 15) is 9.18 Å². The van der Waals surface area contributed by atoms with E-state index in [1.807, 2.05) is 14.0 Å². The molecule has 1 fully saturated rings. The van der Waals surface area contributed by atoms with E-state index < -0.39 is 0 Å². The minimum Gasteiger partial charge on any atom is -0.335 e. The summed E-state index contributed by atoms with van der Waals surface area (Å²) in [5.74, 6) is -0.398. The highest BCUT2D eigenvalue weighted by atomic mass is 19.1. The van der Waals surface area contributed by atoms with Gasteiger partial charge < -0.3 is 9.80 Å². The Bertz CT molecular complexity index is 732. The highest BCUT2D eigenvalue weighted by molar-refractivity contribution is 5.93. The Morgan fingerprint density at radius 3 is 2.52 bits per heavy atom. The van der Waals surface area contributed by atoms with Crippen LogP contribution in [0.5, 0.6) is 0 Å². The Morgan fingerprint density at radius 2 is 1.83 bits per heavy atom. The number of aromatic nitrogens is 2. The van der Waals surface area contributed by atoms with Gasteiger partial charge in [0, 0.05) is 38.8 Å². The monoisotopic (exact) mass is 316 g/mol. The smallest absolute Gasteiger partial charge is 0.274 e. The number of benzene rings is 1. The summed E-state index contributed by atoms with van der Waals surface area (Å²) in [6, 6.07) is 6.63. The molecule has 122 valence electrons. The molecule has 0 unspecified atom stereocenters. The minimum atomic E-state index is -0.308. The number of amides is 1. The molecule has 0 N–H and O–H groups in total. The number of hydrogen-bond acceptors (Lipinski definition) is 3. The standard InChI is InChI=1S/C17H21FN4O/c1-12-4-5-14(18)13(10-12)16-11-15(19-21(16)3)17(23)22-8-6-20(2)7-9-22/h4-5,10-11H,6-9H2,1-3H3. The van der Waals surface area contributed by atoms with Crippen molar-refractivity contribution >= 4 is 5.91 Å². The number of aryl methyl sites for hydroxylation is 2. The molecule has 0 atom stereocenters. The zero-order chi connectivity index (χ0) is 16.6. The summed E-state index contributed by atoms with van der Waals surface area (Å²) in [6.45, 7) is 5.02. The van der Waals surface area contributed by atoms with Crippen molar-refractivity contribution < 1.29 is 9.18 Å². The predicted octanol–water partition coefficient (Wildman–Crippen LogP) is 1.92. The van der Waals surface area contributed by atoms with Crippen LogP contribution in [0.1, 0.15) is 16.1 Å². The predicted molar refractivity (Wildman–Crippen MR) is 86.7 cm³/mol. The third-order valence-corrected chi connectivity index (χ3v) is 4.29. The number of piperazine rings is 1. The molecule has 0 aliphatic carbocycles. The van der Waals surface area contributed by atoms with Gasteiger partial charge in [-0.15, -0.1) is 0 Å². The number of halogens is 1.